The summed E-state index contributed by atoms with van der Waals surface area (Å²) in [7, 11) is 0. The minimum absolute atomic E-state index is 0.0719. The standard InChI is InChI=1S/C19H24N4O5/c1-4-12-10-15(25)27-18-16(12)17(26)20-19(21-18)28-22-13-5-7-23(8-6-13)14(24)9-11(2)3/h10-11H,4-9H2,1-3H3,(H,20,21,26). The van der Waals surface area contributed by atoms with Gasteiger partial charge in [-0.15, -0.1) is 0 Å². The minimum Gasteiger partial charge on any atom is -0.403 e. The molecule has 28 heavy (non-hydrogen) atoms. The van der Waals surface area contributed by atoms with Crippen LogP contribution in [0.3, 0.4) is 0 Å². The van der Waals surface area contributed by atoms with E-state index in [1.807, 2.05) is 25.7 Å². The second-order valence-corrected chi connectivity index (χ2v) is 7.22. The number of carbonyl (C=O) groups excluding carboxylic acids is 1. The molecule has 2 aromatic heterocycles. The molecule has 0 saturated carbocycles. The maximum absolute atomic E-state index is 12.3. The van der Waals surface area contributed by atoms with Crippen molar-refractivity contribution >= 4 is 22.7 Å². The Bertz CT molecular complexity index is 1010. The van der Waals surface area contributed by atoms with Crippen molar-refractivity contribution in [1.82, 2.24) is 14.9 Å². The topological polar surface area (TPSA) is 118 Å². The molecular formula is C19H24N4O5. The molecule has 9 nitrogen and oxygen atoms in total. The third-order valence-corrected chi connectivity index (χ3v) is 4.59. The van der Waals surface area contributed by atoms with Gasteiger partial charge in [-0.05, 0) is 17.9 Å². The van der Waals surface area contributed by atoms with Gasteiger partial charge in [-0.1, -0.05) is 25.9 Å². The molecule has 0 bridgehead atoms. The third-order valence-electron chi connectivity index (χ3n) is 4.59. The molecule has 3 heterocycles. The number of hydrogen-bond acceptors (Lipinski definition) is 7. The van der Waals surface area contributed by atoms with Crippen LogP contribution in [0.2, 0.25) is 0 Å². The predicted octanol–water partition coefficient (Wildman–Crippen LogP) is 1.84. The van der Waals surface area contributed by atoms with Crippen LogP contribution in [0.25, 0.3) is 11.1 Å². The van der Waals surface area contributed by atoms with E-state index in [0.29, 0.717) is 50.3 Å². The second kappa shape index (κ2) is 8.37. The molecule has 1 aliphatic heterocycles. The highest BCUT2D eigenvalue weighted by atomic mass is 16.6. The molecule has 1 aliphatic rings. The molecule has 0 radical (unpaired) electrons. The monoisotopic (exact) mass is 388 g/mol. The maximum atomic E-state index is 12.3. The van der Waals surface area contributed by atoms with Gasteiger partial charge in [0.1, 0.15) is 5.39 Å². The smallest absolute Gasteiger partial charge is 0.337 e. The van der Waals surface area contributed by atoms with Crippen LogP contribution in [0.5, 0.6) is 6.01 Å². The van der Waals surface area contributed by atoms with Gasteiger partial charge in [0.05, 0.1) is 5.71 Å². The van der Waals surface area contributed by atoms with E-state index in [1.165, 1.54) is 6.07 Å². The number of oxime groups is 1. The number of carbonyl (C=O) groups is 1. The Hall–Kier alpha value is -2.97. The first-order valence-corrected chi connectivity index (χ1v) is 9.45. The highest BCUT2D eigenvalue weighted by molar-refractivity contribution is 5.87. The van der Waals surface area contributed by atoms with Crippen molar-refractivity contribution in [3.8, 4) is 6.01 Å². The molecule has 1 N–H and O–H groups in total. The number of piperidine rings is 1. The number of aromatic amines is 1. The summed E-state index contributed by atoms with van der Waals surface area (Å²) in [5.74, 6) is 0.479. The number of nitrogens with zero attached hydrogens (tertiary/aromatic N) is 3. The van der Waals surface area contributed by atoms with Gasteiger partial charge in [0.2, 0.25) is 11.6 Å². The fourth-order valence-corrected chi connectivity index (χ4v) is 3.14. The van der Waals surface area contributed by atoms with Crippen molar-refractivity contribution in [2.45, 2.75) is 46.5 Å². The summed E-state index contributed by atoms with van der Waals surface area (Å²) in [6.45, 7) is 7.05. The van der Waals surface area contributed by atoms with Crippen LogP contribution in [-0.2, 0) is 11.2 Å². The van der Waals surface area contributed by atoms with E-state index in [-0.39, 0.29) is 23.0 Å². The Morgan fingerprint density at radius 2 is 2.07 bits per heavy atom. The van der Waals surface area contributed by atoms with Crippen LogP contribution >= 0.6 is 0 Å². The van der Waals surface area contributed by atoms with Crippen molar-refractivity contribution in [2.24, 2.45) is 11.1 Å². The fraction of sp³-hybridized carbons (Fsp3) is 0.526. The van der Waals surface area contributed by atoms with E-state index in [4.69, 9.17) is 9.25 Å². The van der Waals surface area contributed by atoms with Gasteiger partial charge >= 0.3 is 11.6 Å². The van der Waals surface area contributed by atoms with Crippen LogP contribution in [0, 0.1) is 5.92 Å². The molecule has 1 amide bonds. The Labute approximate surface area is 161 Å². The van der Waals surface area contributed by atoms with Gasteiger partial charge in [-0.2, -0.15) is 4.98 Å². The normalized spacial score (nSPS) is 14.6. The zero-order chi connectivity index (χ0) is 20.3. The molecule has 0 aliphatic carbocycles. The molecule has 2 aromatic rings. The molecular weight excluding hydrogens is 364 g/mol. The molecule has 1 fully saturated rings. The summed E-state index contributed by atoms with van der Waals surface area (Å²) in [4.78, 5) is 49.7. The highest BCUT2D eigenvalue weighted by Crippen LogP contribution is 2.15. The van der Waals surface area contributed by atoms with E-state index in [1.54, 1.807) is 0 Å². The summed E-state index contributed by atoms with van der Waals surface area (Å²) in [5, 5.41) is 4.28. The number of aryl methyl sites for hydroxylation is 1. The number of amides is 1. The summed E-state index contributed by atoms with van der Waals surface area (Å²) < 4.78 is 5.03. The number of hydrogen-bond donors (Lipinski definition) is 1. The molecule has 0 unspecified atom stereocenters. The van der Waals surface area contributed by atoms with Gasteiger partial charge in [0.25, 0.3) is 5.56 Å². The Morgan fingerprint density at radius 1 is 1.36 bits per heavy atom. The van der Waals surface area contributed by atoms with E-state index in [2.05, 4.69) is 15.1 Å². The molecule has 0 spiro atoms. The maximum Gasteiger partial charge on any atom is 0.337 e. The van der Waals surface area contributed by atoms with E-state index < -0.39 is 11.2 Å². The number of likely N-dealkylation sites (tertiary alicyclic amines) is 1. The minimum atomic E-state index is -0.571. The zero-order valence-corrected chi connectivity index (χ0v) is 16.3. The molecule has 0 aromatic carbocycles. The van der Waals surface area contributed by atoms with Crippen LogP contribution < -0.4 is 16.0 Å². The second-order valence-electron chi connectivity index (χ2n) is 7.22. The van der Waals surface area contributed by atoms with E-state index in [9.17, 15) is 14.4 Å². The summed E-state index contributed by atoms with van der Waals surface area (Å²) in [5.41, 5.74) is 0.252. The van der Waals surface area contributed by atoms with Gasteiger partial charge in [0.15, 0.2) is 0 Å². The fourth-order valence-electron chi connectivity index (χ4n) is 3.14. The van der Waals surface area contributed by atoms with Crippen LogP contribution in [-0.4, -0.2) is 39.6 Å². The van der Waals surface area contributed by atoms with Gasteiger partial charge in [-0.25, -0.2) is 4.79 Å². The van der Waals surface area contributed by atoms with Crippen LogP contribution in [0.15, 0.2) is 25.2 Å². The number of H-pyrrole nitrogens is 1. The molecule has 1 saturated heterocycles. The Kier molecular flexibility index (Phi) is 5.91. The van der Waals surface area contributed by atoms with Gasteiger partial charge in [0, 0.05) is 38.4 Å². The lowest BCUT2D eigenvalue weighted by Crippen LogP contribution is -2.39. The molecule has 9 heteroatoms. The third kappa shape index (κ3) is 4.47. The van der Waals surface area contributed by atoms with Gasteiger partial charge in [-0.3, -0.25) is 14.6 Å². The molecule has 3 rings (SSSR count). The first kappa shape index (κ1) is 19.8. The van der Waals surface area contributed by atoms with Crippen LogP contribution in [0.1, 0.15) is 45.6 Å². The Morgan fingerprint density at radius 3 is 2.71 bits per heavy atom. The van der Waals surface area contributed by atoms with Crippen molar-refractivity contribution in [2.75, 3.05) is 13.1 Å². The number of rotatable bonds is 5. The highest BCUT2D eigenvalue weighted by Gasteiger charge is 2.21. The lowest BCUT2D eigenvalue weighted by atomic mass is 10.1. The van der Waals surface area contributed by atoms with E-state index >= 15 is 0 Å². The van der Waals surface area contributed by atoms with Crippen molar-refractivity contribution in [1.29, 1.82) is 0 Å². The summed E-state index contributed by atoms with van der Waals surface area (Å²) in [6, 6.07) is 1.15. The lowest BCUT2D eigenvalue weighted by molar-refractivity contribution is -0.132. The van der Waals surface area contributed by atoms with E-state index in [0.717, 1.165) is 5.71 Å². The first-order valence-electron chi connectivity index (χ1n) is 9.45. The Balaban J connectivity index is 1.71. The molecule has 150 valence electrons. The van der Waals surface area contributed by atoms with Crippen molar-refractivity contribution in [3.63, 3.8) is 0 Å². The average Bonchev–Trinajstić information content (AvgIpc) is 2.65. The number of aromatic nitrogens is 2. The average molecular weight is 388 g/mol. The quantitative estimate of drug-likeness (QED) is 0.781. The van der Waals surface area contributed by atoms with Gasteiger partial charge < -0.3 is 14.2 Å². The van der Waals surface area contributed by atoms with Crippen LogP contribution in [0.4, 0.5) is 0 Å². The summed E-state index contributed by atoms with van der Waals surface area (Å²) in [6.07, 6.45) is 2.23. The SMILES string of the molecule is CCc1cc(=O)oc2nc(ON=C3CCN(C(=O)CC(C)C)CC3)[nH]c(=O)c12. The molecule has 0 atom stereocenters. The summed E-state index contributed by atoms with van der Waals surface area (Å²) >= 11 is 0. The van der Waals surface area contributed by atoms with Crippen molar-refractivity contribution < 1.29 is 14.0 Å². The first-order chi connectivity index (χ1) is 13.4. The number of nitrogens with one attached hydrogen (secondary N) is 1. The lowest BCUT2D eigenvalue weighted by Gasteiger charge is -2.28. The zero-order valence-electron chi connectivity index (χ0n) is 16.3. The largest absolute Gasteiger partial charge is 0.403 e. The number of fused-ring (bicyclic) bond motifs is 1. The predicted molar refractivity (Wildman–Crippen MR) is 104 cm³/mol. The van der Waals surface area contributed by atoms with Crippen molar-refractivity contribution in [3.05, 3.63) is 32.4 Å².